The van der Waals surface area contributed by atoms with Gasteiger partial charge in [-0.25, -0.2) is 4.79 Å². The van der Waals surface area contributed by atoms with Crippen LogP contribution in [0, 0.1) is 11.3 Å². The molecule has 0 unspecified atom stereocenters. The van der Waals surface area contributed by atoms with Gasteiger partial charge in [0.2, 0.25) is 0 Å². The number of urea groups is 1. The Hall–Kier alpha value is -1.30. The standard InChI is InChI=1S/C19H35N3O3/c1-4-21(13-17(23)24)16-9-11-22(12-10-16)18(25)20-14-19(2,3)15-7-5-6-8-15/h15-16H,4-14H2,1-3H3,(H,20,25)(H,23,24). The highest BCUT2D eigenvalue weighted by Crippen LogP contribution is 2.39. The zero-order valence-corrected chi connectivity index (χ0v) is 16.1. The predicted octanol–water partition coefficient (Wildman–Crippen LogP) is 2.78. The summed E-state index contributed by atoms with van der Waals surface area (Å²) < 4.78 is 0. The molecule has 1 aliphatic carbocycles. The maximum Gasteiger partial charge on any atom is 0.317 e. The Bertz CT molecular complexity index is 453. The molecular formula is C19H35N3O3. The Labute approximate surface area is 151 Å². The highest BCUT2D eigenvalue weighted by atomic mass is 16.4. The van der Waals surface area contributed by atoms with Gasteiger partial charge in [0, 0.05) is 25.7 Å². The highest BCUT2D eigenvalue weighted by molar-refractivity contribution is 5.74. The number of amides is 2. The van der Waals surface area contributed by atoms with E-state index in [0.717, 1.165) is 25.9 Å². The second-order valence-corrected chi connectivity index (χ2v) is 8.30. The summed E-state index contributed by atoms with van der Waals surface area (Å²) in [7, 11) is 0. The molecule has 1 saturated heterocycles. The number of carbonyl (C=O) groups excluding carboxylic acids is 1. The number of rotatable bonds is 7. The summed E-state index contributed by atoms with van der Waals surface area (Å²) >= 11 is 0. The molecule has 0 bridgehead atoms. The van der Waals surface area contributed by atoms with E-state index >= 15 is 0 Å². The molecule has 0 atom stereocenters. The van der Waals surface area contributed by atoms with Gasteiger partial charge in [-0.1, -0.05) is 33.6 Å². The van der Waals surface area contributed by atoms with Crippen molar-refractivity contribution >= 4 is 12.0 Å². The van der Waals surface area contributed by atoms with Gasteiger partial charge in [0.05, 0.1) is 6.54 Å². The summed E-state index contributed by atoms with van der Waals surface area (Å²) in [5.74, 6) is -0.0659. The van der Waals surface area contributed by atoms with Crippen molar-refractivity contribution in [2.45, 2.75) is 65.3 Å². The van der Waals surface area contributed by atoms with Crippen LogP contribution in [0.2, 0.25) is 0 Å². The lowest BCUT2D eigenvalue weighted by Crippen LogP contribution is -2.51. The number of nitrogens with zero attached hydrogens (tertiary/aromatic N) is 2. The maximum absolute atomic E-state index is 12.5. The fraction of sp³-hybridized carbons (Fsp3) is 0.895. The van der Waals surface area contributed by atoms with E-state index in [2.05, 4.69) is 19.2 Å². The molecule has 0 spiro atoms. The number of carbonyl (C=O) groups is 2. The lowest BCUT2D eigenvalue weighted by atomic mass is 9.78. The van der Waals surface area contributed by atoms with Crippen LogP contribution >= 0.6 is 0 Å². The minimum absolute atomic E-state index is 0.0332. The molecular weight excluding hydrogens is 318 g/mol. The molecule has 2 rings (SSSR count). The number of hydrogen-bond donors (Lipinski definition) is 2. The van der Waals surface area contributed by atoms with Gasteiger partial charge < -0.3 is 15.3 Å². The Kier molecular flexibility index (Phi) is 7.11. The van der Waals surface area contributed by atoms with Crippen LogP contribution in [0.1, 0.15) is 59.3 Å². The molecule has 0 radical (unpaired) electrons. The molecule has 1 aliphatic heterocycles. The molecule has 25 heavy (non-hydrogen) atoms. The molecule has 144 valence electrons. The quantitative estimate of drug-likeness (QED) is 0.738. The molecule has 6 heteroatoms. The molecule has 6 nitrogen and oxygen atoms in total. The molecule has 0 aromatic carbocycles. The first kappa shape index (κ1) is 20.0. The van der Waals surface area contributed by atoms with Crippen LogP contribution in [0.3, 0.4) is 0 Å². The Morgan fingerprint density at radius 3 is 2.28 bits per heavy atom. The van der Waals surface area contributed by atoms with Crippen molar-refractivity contribution in [3.63, 3.8) is 0 Å². The minimum Gasteiger partial charge on any atom is -0.480 e. The van der Waals surface area contributed by atoms with Crippen molar-refractivity contribution in [2.24, 2.45) is 11.3 Å². The number of carboxylic acids is 1. The number of hydrogen-bond acceptors (Lipinski definition) is 3. The van der Waals surface area contributed by atoms with Crippen molar-refractivity contribution < 1.29 is 14.7 Å². The van der Waals surface area contributed by atoms with Crippen molar-refractivity contribution in [1.29, 1.82) is 0 Å². The normalized spacial score (nSPS) is 20.2. The largest absolute Gasteiger partial charge is 0.480 e. The maximum atomic E-state index is 12.5. The molecule has 2 amide bonds. The van der Waals surface area contributed by atoms with Gasteiger partial charge in [0.15, 0.2) is 0 Å². The van der Waals surface area contributed by atoms with Gasteiger partial charge in [-0.3, -0.25) is 9.69 Å². The van der Waals surface area contributed by atoms with E-state index in [1.807, 2.05) is 16.7 Å². The number of piperidine rings is 1. The first-order valence-corrected chi connectivity index (χ1v) is 9.82. The number of nitrogens with one attached hydrogen (secondary N) is 1. The van der Waals surface area contributed by atoms with Crippen LogP contribution in [-0.2, 0) is 4.79 Å². The van der Waals surface area contributed by atoms with E-state index in [0.29, 0.717) is 19.0 Å². The SMILES string of the molecule is CCN(CC(=O)O)C1CCN(C(=O)NCC(C)(C)C2CCCC2)CC1. The van der Waals surface area contributed by atoms with Crippen molar-refractivity contribution in [3.8, 4) is 0 Å². The smallest absolute Gasteiger partial charge is 0.317 e. The second kappa shape index (κ2) is 8.88. The van der Waals surface area contributed by atoms with Crippen LogP contribution in [0.5, 0.6) is 0 Å². The van der Waals surface area contributed by atoms with Gasteiger partial charge >= 0.3 is 12.0 Å². The van der Waals surface area contributed by atoms with E-state index in [-0.39, 0.29) is 24.0 Å². The lowest BCUT2D eigenvalue weighted by molar-refractivity contribution is -0.139. The number of carboxylic acid groups (broad SMARTS) is 1. The average molecular weight is 354 g/mol. The molecule has 2 fully saturated rings. The van der Waals surface area contributed by atoms with E-state index in [1.165, 1.54) is 25.7 Å². The Morgan fingerprint density at radius 1 is 1.16 bits per heavy atom. The fourth-order valence-electron chi connectivity index (χ4n) is 4.37. The van der Waals surface area contributed by atoms with Gasteiger partial charge in [-0.2, -0.15) is 0 Å². The summed E-state index contributed by atoms with van der Waals surface area (Å²) in [4.78, 5) is 27.3. The zero-order chi connectivity index (χ0) is 18.4. The van der Waals surface area contributed by atoms with Crippen LogP contribution in [0.15, 0.2) is 0 Å². The lowest BCUT2D eigenvalue weighted by Gasteiger charge is -2.38. The average Bonchev–Trinajstić information content (AvgIpc) is 3.13. The Morgan fingerprint density at radius 2 is 1.76 bits per heavy atom. The van der Waals surface area contributed by atoms with Crippen molar-refractivity contribution in [1.82, 2.24) is 15.1 Å². The number of likely N-dealkylation sites (tertiary alicyclic amines) is 1. The molecule has 2 N–H and O–H groups in total. The topological polar surface area (TPSA) is 72.9 Å². The van der Waals surface area contributed by atoms with Crippen molar-refractivity contribution in [3.05, 3.63) is 0 Å². The van der Waals surface area contributed by atoms with Crippen LogP contribution < -0.4 is 5.32 Å². The second-order valence-electron chi connectivity index (χ2n) is 8.30. The summed E-state index contributed by atoms with van der Waals surface area (Å²) in [6, 6.07) is 0.297. The molecule has 0 aromatic heterocycles. The van der Waals surface area contributed by atoms with Crippen molar-refractivity contribution in [2.75, 3.05) is 32.7 Å². The van der Waals surface area contributed by atoms with Crippen LogP contribution in [0.25, 0.3) is 0 Å². The van der Waals surface area contributed by atoms with Gasteiger partial charge in [-0.15, -0.1) is 0 Å². The van der Waals surface area contributed by atoms with Crippen LogP contribution in [0.4, 0.5) is 4.79 Å². The summed E-state index contributed by atoms with van der Waals surface area (Å²) in [6.07, 6.45) is 6.90. The van der Waals surface area contributed by atoms with E-state index in [4.69, 9.17) is 5.11 Å². The molecule has 1 heterocycles. The number of likely N-dealkylation sites (N-methyl/N-ethyl adjacent to an activating group) is 1. The molecule has 0 aromatic rings. The fourth-order valence-corrected chi connectivity index (χ4v) is 4.37. The zero-order valence-electron chi connectivity index (χ0n) is 16.1. The predicted molar refractivity (Wildman–Crippen MR) is 98.6 cm³/mol. The minimum atomic E-state index is -0.781. The van der Waals surface area contributed by atoms with E-state index in [9.17, 15) is 9.59 Å². The van der Waals surface area contributed by atoms with E-state index < -0.39 is 5.97 Å². The third-order valence-electron chi connectivity index (χ3n) is 6.17. The highest BCUT2D eigenvalue weighted by Gasteiger charge is 2.33. The van der Waals surface area contributed by atoms with Gasteiger partial charge in [-0.05, 0) is 43.6 Å². The molecule has 2 aliphatic rings. The summed E-state index contributed by atoms with van der Waals surface area (Å²) in [5, 5.41) is 12.1. The third kappa shape index (κ3) is 5.59. The van der Waals surface area contributed by atoms with E-state index in [1.54, 1.807) is 0 Å². The first-order valence-electron chi connectivity index (χ1n) is 9.82. The van der Waals surface area contributed by atoms with Gasteiger partial charge in [0.1, 0.15) is 0 Å². The number of aliphatic carboxylic acids is 1. The molecule has 1 saturated carbocycles. The Balaban J connectivity index is 1.76. The monoisotopic (exact) mass is 353 g/mol. The summed E-state index contributed by atoms with van der Waals surface area (Å²) in [5.41, 5.74) is 0.158. The first-order chi connectivity index (χ1) is 11.8. The third-order valence-corrected chi connectivity index (χ3v) is 6.17. The van der Waals surface area contributed by atoms with Crippen LogP contribution in [-0.4, -0.2) is 65.7 Å². The van der Waals surface area contributed by atoms with Gasteiger partial charge in [0.25, 0.3) is 0 Å². The summed E-state index contributed by atoms with van der Waals surface area (Å²) in [6.45, 7) is 9.49.